The van der Waals surface area contributed by atoms with Gasteiger partial charge in [-0.05, 0) is 79.0 Å². The maximum absolute atomic E-state index is 9.00. The molecule has 3 rings (SSSR count). The van der Waals surface area contributed by atoms with Crippen molar-refractivity contribution in [3.05, 3.63) is 76.9 Å². The van der Waals surface area contributed by atoms with Crippen LogP contribution in [0.4, 0.5) is 23.1 Å². The Labute approximate surface area is 166 Å². The van der Waals surface area contributed by atoms with Gasteiger partial charge in [0.2, 0.25) is 5.95 Å². The first-order valence-electron chi connectivity index (χ1n) is 9.47. The molecule has 0 aliphatic rings. The van der Waals surface area contributed by atoms with E-state index < -0.39 is 0 Å². The number of nitrogens with zero attached hydrogens (tertiary/aromatic N) is 4. The van der Waals surface area contributed by atoms with Crippen molar-refractivity contribution < 1.29 is 2.74 Å². The highest BCUT2D eigenvalue weighted by Crippen LogP contribution is 2.26. The van der Waals surface area contributed by atoms with Gasteiger partial charge in [0.1, 0.15) is 5.82 Å². The minimum Gasteiger partial charge on any atom is -0.340 e. The van der Waals surface area contributed by atoms with Crippen molar-refractivity contribution in [2.75, 3.05) is 10.6 Å². The molecule has 0 saturated carbocycles. The molecule has 0 atom stereocenters. The van der Waals surface area contributed by atoms with Crippen molar-refractivity contribution in [3.8, 4) is 12.1 Å². The Bertz CT molecular complexity index is 1180. The molecule has 2 N–H and O–H groups in total. The third-order valence-electron chi connectivity index (χ3n) is 3.93. The molecule has 0 fully saturated rings. The Morgan fingerprint density at radius 3 is 2.43 bits per heavy atom. The zero-order valence-electron chi connectivity index (χ0n) is 17.4. The molecule has 0 saturated heterocycles. The second-order valence-electron chi connectivity index (χ2n) is 6.03. The van der Waals surface area contributed by atoms with E-state index in [9.17, 15) is 0 Å². The lowest BCUT2D eigenvalue weighted by atomic mass is 10.0. The van der Waals surface area contributed by atoms with E-state index in [1.165, 1.54) is 18.2 Å². The largest absolute Gasteiger partial charge is 0.340 e. The van der Waals surface area contributed by atoms with E-state index in [2.05, 4.69) is 20.6 Å². The van der Waals surface area contributed by atoms with Crippen LogP contribution in [0.25, 0.3) is 6.08 Å². The molecule has 1 heterocycles. The third kappa shape index (κ3) is 4.51. The second-order valence-corrected chi connectivity index (χ2v) is 6.03. The van der Waals surface area contributed by atoms with Crippen LogP contribution in [0.2, 0.25) is 0 Å². The third-order valence-corrected chi connectivity index (χ3v) is 3.93. The van der Waals surface area contributed by atoms with Gasteiger partial charge in [0.25, 0.3) is 0 Å². The summed E-state index contributed by atoms with van der Waals surface area (Å²) in [6, 6.07) is 12.4. The molecular formula is C22H18N6. The summed E-state index contributed by atoms with van der Waals surface area (Å²) < 4.78 is 15.7. The van der Waals surface area contributed by atoms with Gasteiger partial charge in [-0.15, -0.1) is 0 Å². The van der Waals surface area contributed by atoms with Crippen LogP contribution < -0.4 is 10.6 Å². The molecule has 0 amide bonds. The van der Waals surface area contributed by atoms with Gasteiger partial charge < -0.3 is 10.6 Å². The SMILES string of the molecule is [2H]c1cc(Nc2nccc(Nc3c(C)cc(/C=C/C#N)cc3C)n2)cc([2H])c1C#N. The van der Waals surface area contributed by atoms with Gasteiger partial charge in [-0.3, -0.25) is 0 Å². The number of hydrogen-bond acceptors (Lipinski definition) is 6. The Morgan fingerprint density at radius 1 is 1.07 bits per heavy atom. The average molecular weight is 368 g/mol. The van der Waals surface area contributed by atoms with Gasteiger partial charge in [-0.25, -0.2) is 4.98 Å². The average Bonchev–Trinajstić information content (AvgIpc) is 2.69. The first-order chi connectivity index (χ1) is 14.4. The maximum atomic E-state index is 9.00. The van der Waals surface area contributed by atoms with Crippen LogP contribution in [0.5, 0.6) is 0 Å². The molecule has 28 heavy (non-hydrogen) atoms. The van der Waals surface area contributed by atoms with Crippen molar-refractivity contribution in [2.45, 2.75) is 13.8 Å². The minimum absolute atomic E-state index is 0.0240. The fourth-order valence-corrected chi connectivity index (χ4v) is 2.69. The summed E-state index contributed by atoms with van der Waals surface area (Å²) in [5.74, 6) is 0.872. The smallest absolute Gasteiger partial charge is 0.229 e. The van der Waals surface area contributed by atoms with Crippen LogP contribution in [0.1, 0.15) is 25.0 Å². The number of aromatic nitrogens is 2. The Balaban J connectivity index is 1.84. The van der Waals surface area contributed by atoms with Gasteiger partial charge in [0.15, 0.2) is 0 Å². The van der Waals surface area contributed by atoms with Gasteiger partial charge >= 0.3 is 0 Å². The highest BCUT2D eigenvalue weighted by molar-refractivity contribution is 5.69. The molecule has 0 aliphatic carbocycles. The lowest BCUT2D eigenvalue weighted by molar-refractivity contribution is 1.16. The van der Waals surface area contributed by atoms with Crippen molar-refractivity contribution >= 4 is 29.2 Å². The molecule has 0 spiro atoms. The maximum Gasteiger partial charge on any atom is 0.229 e. The van der Waals surface area contributed by atoms with E-state index >= 15 is 0 Å². The summed E-state index contributed by atoms with van der Waals surface area (Å²) in [7, 11) is 0. The number of rotatable bonds is 5. The lowest BCUT2D eigenvalue weighted by Gasteiger charge is -2.14. The van der Waals surface area contributed by atoms with Gasteiger partial charge in [0, 0.05) is 23.6 Å². The van der Waals surface area contributed by atoms with Crippen LogP contribution in [0.15, 0.2) is 54.7 Å². The van der Waals surface area contributed by atoms with Crippen molar-refractivity contribution in [2.24, 2.45) is 0 Å². The van der Waals surface area contributed by atoms with E-state index in [4.69, 9.17) is 13.3 Å². The lowest BCUT2D eigenvalue weighted by Crippen LogP contribution is -2.02. The molecule has 6 nitrogen and oxygen atoms in total. The Kier molecular flexibility index (Phi) is 4.86. The number of anilines is 4. The second kappa shape index (κ2) is 8.48. The summed E-state index contributed by atoms with van der Waals surface area (Å²) in [6.45, 7) is 3.95. The molecule has 1 aromatic heterocycles. The van der Waals surface area contributed by atoms with Crippen LogP contribution in [0.3, 0.4) is 0 Å². The summed E-state index contributed by atoms with van der Waals surface area (Å²) in [5.41, 5.74) is 4.35. The molecule has 6 heteroatoms. The van der Waals surface area contributed by atoms with E-state index in [1.807, 2.05) is 38.1 Å². The number of benzene rings is 2. The summed E-state index contributed by atoms with van der Waals surface area (Å²) >= 11 is 0. The van der Waals surface area contributed by atoms with E-state index in [0.29, 0.717) is 17.5 Å². The van der Waals surface area contributed by atoms with Gasteiger partial charge in [-0.1, -0.05) is 0 Å². The first kappa shape index (κ1) is 16.0. The minimum atomic E-state index is -0.0291. The monoisotopic (exact) mass is 368 g/mol. The Hall–Kier alpha value is -4.16. The van der Waals surface area contributed by atoms with E-state index in [-0.39, 0.29) is 17.6 Å². The normalized spacial score (nSPS) is 11.3. The number of hydrogen-bond donors (Lipinski definition) is 2. The fourth-order valence-electron chi connectivity index (χ4n) is 2.69. The number of nitriles is 2. The van der Waals surface area contributed by atoms with Gasteiger partial charge in [-0.2, -0.15) is 15.5 Å². The molecule has 0 radical (unpaired) electrons. The highest BCUT2D eigenvalue weighted by Gasteiger charge is 2.07. The van der Waals surface area contributed by atoms with Gasteiger partial charge in [0.05, 0.1) is 20.4 Å². The van der Waals surface area contributed by atoms with Crippen LogP contribution >= 0.6 is 0 Å². The zero-order valence-corrected chi connectivity index (χ0v) is 15.4. The predicted octanol–water partition coefficient (Wildman–Crippen LogP) is 4.99. The van der Waals surface area contributed by atoms with Crippen LogP contribution in [-0.2, 0) is 0 Å². The van der Waals surface area contributed by atoms with Crippen molar-refractivity contribution in [3.63, 3.8) is 0 Å². The predicted molar refractivity (Wildman–Crippen MR) is 110 cm³/mol. The van der Waals surface area contributed by atoms with Crippen molar-refractivity contribution in [1.29, 1.82) is 10.5 Å². The van der Waals surface area contributed by atoms with Crippen molar-refractivity contribution in [1.82, 2.24) is 9.97 Å². The van der Waals surface area contributed by atoms with Crippen LogP contribution in [0, 0.1) is 36.5 Å². The fraction of sp³-hybridized carbons (Fsp3) is 0.0909. The molecular weight excluding hydrogens is 348 g/mol. The molecule has 2 aromatic carbocycles. The molecule has 3 aromatic rings. The van der Waals surface area contributed by atoms with Crippen LogP contribution in [-0.4, -0.2) is 9.97 Å². The Morgan fingerprint density at radius 2 is 1.79 bits per heavy atom. The number of nitrogens with one attached hydrogen (secondary N) is 2. The molecule has 0 unspecified atom stereocenters. The molecule has 0 bridgehead atoms. The first-order valence-corrected chi connectivity index (χ1v) is 8.47. The highest BCUT2D eigenvalue weighted by atomic mass is 15.1. The summed E-state index contributed by atoms with van der Waals surface area (Å²) in [5, 5.41) is 24.0. The molecule has 136 valence electrons. The number of allylic oxidation sites excluding steroid dienone is 1. The quantitative estimate of drug-likeness (QED) is 0.616. The van der Waals surface area contributed by atoms with E-state index in [1.54, 1.807) is 18.3 Å². The zero-order chi connectivity index (χ0) is 21.7. The summed E-state index contributed by atoms with van der Waals surface area (Å²) in [4.78, 5) is 8.62. The number of aryl methyl sites for hydroxylation is 2. The standard InChI is InChI=1S/C22H18N6/c1-15-12-18(4-3-10-23)13-16(2)21(15)27-20-9-11-25-22(28-20)26-19-7-5-17(14-24)6-8-19/h3-9,11-13H,1-2H3,(H2,25,26,27,28)/b4-3+/i5D,6D. The summed E-state index contributed by atoms with van der Waals surface area (Å²) in [6.07, 6.45) is 4.80. The van der Waals surface area contributed by atoms with E-state index in [0.717, 1.165) is 22.4 Å². The topological polar surface area (TPSA) is 97.4 Å². The molecule has 0 aliphatic heterocycles.